The molecule has 0 saturated heterocycles. The monoisotopic (exact) mass is 273 g/mol. The van der Waals surface area contributed by atoms with Gasteiger partial charge in [0.2, 0.25) is 0 Å². The molecule has 1 aromatic heterocycles. The maximum absolute atomic E-state index is 5.99. The average Bonchev–Trinajstić information content (AvgIpc) is 2.74. The molecular weight excluding hydrogens is 250 g/mol. The lowest BCUT2D eigenvalue weighted by Crippen LogP contribution is -2.14. The van der Waals surface area contributed by atoms with E-state index in [9.17, 15) is 0 Å². The maximum atomic E-state index is 5.99. The number of hydrogen-bond acceptors (Lipinski definition) is 3. The van der Waals surface area contributed by atoms with E-state index in [2.05, 4.69) is 42.5 Å². The zero-order valence-corrected chi connectivity index (χ0v) is 12.9. The van der Waals surface area contributed by atoms with Gasteiger partial charge in [0.15, 0.2) is 0 Å². The smallest absolute Gasteiger partial charge is 0.130 e. The molecule has 0 fully saturated rings. The van der Waals surface area contributed by atoms with Gasteiger partial charge in [0, 0.05) is 18.7 Å². The highest BCUT2D eigenvalue weighted by atomic mass is 16.5. The number of ether oxygens (including phenoxy) is 1. The first-order valence-electron chi connectivity index (χ1n) is 6.91. The molecule has 1 heterocycles. The molecule has 0 aliphatic carbocycles. The van der Waals surface area contributed by atoms with Gasteiger partial charge in [0.1, 0.15) is 12.4 Å². The van der Waals surface area contributed by atoms with Crippen LogP contribution in [0.25, 0.3) is 0 Å². The SMILES string of the molecule is CNC(C)c1cc(C)ccc1OCc1cc(C)nn1C. The molecule has 0 bridgehead atoms. The summed E-state index contributed by atoms with van der Waals surface area (Å²) in [5.41, 5.74) is 4.52. The van der Waals surface area contributed by atoms with E-state index in [4.69, 9.17) is 4.74 Å². The van der Waals surface area contributed by atoms with Crippen LogP contribution >= 0.6 is 0 Å². The minimum atomic E-state index is 0.262. The average molecular weight is 273 g/mol. The van der Waals surface area contributed by atoms with Crippen LogP contribution in [-0.4, -0.2) is 16.8 Å². The molecule has 2 aromatic rings. The standard InChI is InChI=1S/C16H23N3O/c1-11-6-7-16(15(8-11)13(3)17-4)20-10-14-9-12(2)18-19(14)5/h6-9,13,17H,10H2,1-5H3. The first-order chi connectivity index (χ1) is 9.51. The first-order valence-corrected chi connectivity index (χ1v) is 6.91. The normalized spacial score (nSPS) is 12.4. The van der Waals surface area contributed by atoms with Crippen molar-refractivity contribution in [2.45, 2.75) is 33.4 Å². The second kappa shape index (κ2) is 6.09. The summed E-state index contributed by atoms with van der Waals surface area (Å²) in [6.45, 7) is 6.75. The summed E-state index contributed by atoms with van der Waals surface area (Å²) in [5, 5.41) is 7.60. The molecule has 0 aliphatic heterocycles. The Kier molecular flexibility index (Phi) is 4.45. The maximum Gasteiger partial charge on any atom is 0.130 e. The molecule has 1 aromatic carbocycles. The van der Waals surface area contributed by atoms with Gasteiger partial charge in [-0.15, -0.1) is 0 Å². The Balaban J connectivity index is 2.18. The third kappa shape index (κ3) is 3.20. The Bertz CT molecular complexity index is 589. The van der Waals surface area contributed by atoms with Crippen molar-refractivity contribution in [2.24, 2.45) is 7.05 Å². The Morgan fingerprint density at radius 1 is 1.30 bits per heavy atom. The minimum Gasteiger partial charge on any atom is -0.487 e. The first kappa shape index (κ1) is 14.6. The summed E-state index contributed by atoms with van der Waals surface area (Å²) >= 11 is 0. The Morgan fingerprint density at radius 2 is 2.05 bits per heavy atom. The molecule has 0 radical (unpaired) electrons. The molecule has 0 spiro atoms. The molecule has 1 unspecified atom stereocenters. The second-order valence-corrected chi connectivity index (χ2v) is 5.24. The number of aromatic nitrogens is 2. The van der Waals surface area contributed by atoms with Crippen molar-refractivity contribution >= 4 is 0 Å². The van der Waals surface area contributed by atoms with Crippen LogP contribution in [0.4, 0.5) is 0 Å². The topological polar surface area (TPSA) is 39.1 Å². The minimum absolute atomic E-state index is 0.262. The fraction of sp³-hybridized carbons (Fsp3) is 0.438. The van der Waals surface area contributed by atoms with E-state index in [0.29, 0.717) is 6.61 Å². The van der Waals surface area contributed by atoms with Gasteiger partial charge >= 0.3 is 0 Å². The molecular formula is C16H23N3O. The highest BCUT2D eigenvalue weighted by molar-refractivity contribution is 5.39. The van der Waals surface area contributed by atoms with Gasteiger partial charge in [-0.25, -0.2) is 0 Å². The number of aryl methyl sites for hydroxylation is 3. The van der Waals surface area contributed by atoms with E-state index in [1.54, 1.807) is 0 Å². The Labute approximate surface area is 120 Å². The Hall–Kier alpha value is -1.81. The van der Waals surface area contributed by atoms with Crippen molar-refractivity contribution < 1.29 is 4.74 Å². The van der Waals surface area contributed by atoms with Crippen LogP contribution in [-0.2, 0) is 13.7 Å². The zero-order chi connectivity index (χ0) is 14.7. The summed E-state index contributed by atoms with van der Waals surface area (Å²) in [6.07, 6.45) is 0. The molecule has 0 saturated carbocycles. The molecule has 1 N–H and O–H groups in total. The molecule has 0 amide bonds. The lowest BCUT2D eigenvalue weighted by atomic mass is 10.0. The number of hydrogen-bond donors (Lipinski definition) is 1. The summed E-state index contributed by atoms with van der Waals surface area (Å²) in [5.74, 6) is 0.927. The number of nitrogens with one attached hydrogen (secondary N) is 1. The van der Waals surface area contributed by atoms with E-state index in [-0.39, 0.29) is 6.04 Å². The summed E-state index contributed by atoms with van der Waals surface area (Å²) in [7, 11) is 3.90. The summed E-state index contributed by atoms with van der Waals surface area (Å²) < 4.78 is 7.86. The zero-order valence-electron chi connectivity index (χ0n) is 12.9. The van der Waals surface area contributed by atoms with Crippen molar-refractivity contribution in [1.82, 2.24) is 15.1 Å². The van der Waals surface area contributed by atoms with Gasteiger partial charge in [-0.3, -0.25) is 4.68 Å². The van der Waals surface area contributed by atoms with Crippen LogP contribution < -0.4 is 10.1 Å². The molecule has 0 aliphatic rings. The van der Waals surface area contributed by atoms with Crippen LogP contribution in [0.1, 0.15) is 35.5 Å². The van der Waals surface area contributed by atoms with E-state index in [1.165, 1.54) is 11.1 Å². The van der Waals surface area contributed by atoms with Crippen LogP contribution in [0, 0.1) is 13.8 Å². The van der Waals surface area contributed by atoms with Gasteiger partial charge in [-0.2, -0.15) is 5.10 Å². The van der Waals surface area contributed by atoms with Crippen molar-refractivity contribution in [1.29, 1.82) is 0 Å². The van der Waals surface area contributed by atoms with Gasteiger partial charge in [0.05, 0.1) is 11.4 Å². The molecule has 20 heavy (non-hydrogen) atoms. The fourth-order valence-corrected chi connectivity index (χ4v) is 2.24. The third-order valence-electron chi connectivity index (χ3n) is 3.54. The largest absolute Gasteiger partial charge is 0.487 e. The fourth-order valence-electron chi connectivity index (χ4n) is 2.24. The van der Waals surface area contributed by atoms with E-state index in [0.717, 1.165) is 17.1 Å². The van der Waals surface area contributed by atoms with Crippen molar-refractivity contribution in [3.63, 3.8) is 0 Å². The van der Waals surface area contributed by atoms with Crippen LogP contribution in [0.15, 0.2) is 24.3 Å². The highest BCUT2D eigenvalue weighted by Crippen LogP contribution is 2.27. The van der Waals surface area contributed by atoms with Gasteiger partial charge < -0.3 is 10.1 Å². The summed E-state index contributed by atoms with van der Waals surface area (Å²) in [4.78, 5) is 0. The lowest BCUT2D eigenvalue weighted by molar-refractivity contribution is 0.289. The van der Waals surface area contributed by atoms with E-state index >= 15 is 0 Å². The Morgan fingerprint density at radius 3 is 2.65 bits per heavy atom. The van der Waals surface area contributed by atoms with Crippen molar-refractivity contribution in [3.05, 3.63) is 46.8 Å². The number of benzene rings is 1. The van der Waals surface area contributed by atoms with Gasteiger partial charge in [0.25, 0.3) is 0 Å². The third-order valence-corrected chi connectivity index (χ3v) is 3.54. The predicted molar refractivity (Wildman–Crippen MR) is 80.9 cm³/mol. The summed E-state index contributed by atoms with van der Waals surface area (Å²) in [6, 6.07) is 8.61. The van der Waals surface area contributed by atoms with Crippen LogP contribution in [0.5, 0.6) is 5.75 Å². The van der Waals surface area contributed by atoms with Crippen molar-refractivity contribution in [3.8, 4) is 5.75 Å². The van der Waals surface area contributed by atoms with Gasteiger partial charge in [-0.1, -0.05) is 17.7 Å². The van der Waals surface area contributed by atoms with Gasteiger partial charge in [-0.05, 0) is 40.0 Å². The van der Waals surface area contributed by atoms with Crippen molar-refractivity contribution in [2.75, 3.05) is 7.05 Å². The van der Waals surface area contributed by atoms with E-state index in [1.807, 2.05) is 31.8 Å². The van der Waals surface area contributed by atoms with Crippen LogP contribution in [0.3, 0.4) is 0 Å². The second-order valence-electron chi connectivity index (χ2n) is 5.24. The van der Waals surface area contributed by atoms with Crippen LogP contribution in [0.2, 0.25) is 0 Å². The predicted octanol–water partition coefficient (Wildman–Crippen LogP) is 2.90. The number of nitrogens with zero attached hydrogens (tertiary/aromatic N) is 2. The number of rotatable bonds is 5. The lowest BCUT2D eigenvalue weighted by Gasteiger charge is -2.17. The molecule has 4 heteroatoms. The molecule has 108 valence electrons. The van der Waals surface area contributed by atoms with E-state index < -0.39 is 0 Å². The molecule has 1 atom stereocenters. The molecule has 4 nitrogen and oxygen atoms in total. The highest BCUT2D eigenvalue weighted by Gasteiger charge is 2.11. The quantitative estimate of drug-likeness (QED) is 0.910. The molecule has 2 rings (SSSR count).